The van der Waals surface area contributed by atoms with Crippen molar-refractivity contribution in [1.82, 2.24) is 4.31 Å². The molecule has 0 aliphatic heterocycles. The molecule has 0 saturated heterocycles. The zero-order valence-corrected chi connectivity index (χ0v) is 20.2. The van der Waals surface area contributed by atoms with E-state index in [-0.39, 0.29) is 22.6 Å². The third kappa shape index (κ3) is 6.31. The van der Waals surface area contributed by atoms with Gasteiger partial charge in [0, 0.05) is 19.5 Å². The van der Waals surface area contributed by atoms with Crippen molar-refractivity contribution in [2.45, 2.75) is 57.8 Å². The van der Waals surface area contributed by atoms with E-state index in [0.717, 1.165) is 5.56 Å². The number of hydrogen-bond donors (Lipinski definition) is 1. The Hall–Kier alpha value is -2.38. The Morgan fingerprint density at radius 3 is 2.16 bits per heavy atom. The summed E-state index contributed by atoms with van der Waals surface area (Å²) < 4.78 is 32.3. The SMILES string of the molecule is CCN(CC)S(=O)(=O)c1ccc(OC)c(NC(=O)CCc2ccc(C(C)(C)C)cc2)c1. The summed E-state index contributed by atoms with van der Waals surface area (Å²) in [6.07, 6.45) is 0.876. The Bertz CT molecular complexity index is 989. The van der Waals surface area contributed by atoms with E-state index >= 15 is 0 Å². The van der Waals surface area contributed by atoms with Gasteiger partial charge in [-0.15, -0.1) is 0 Å². The molecule has 2 aromatic carbocycles. The molecule has 170 valence electrons. The molecule has 0 saturated carbocycles. The molecule has 0 radical (unpaired) electrons. The molecule has 0 aliphatic rings. The Kier molecular flexibility index (Phi) is 8.26. The first-order chi connectivity index (χ1) is 14.5. The molecular weight excluding hydrogens is 412 g/mol. The van der Waals surface area contributed by atoms with Crippen LogP contribution in [0.15, 0.2) is 47.4 Å². The van der Waals surface area contributed by atoms with Gasteiger partial charge >= 0.3 is 0 Å². The molecule has 1 N–H and O–H groups in total. The predicted octanol–water partition coefficient (Wildman–Crippen LogP) is 4.59. The molecule has 0 spiro atoms. The summed E-state index contributed by atoms with van der Waals surface area (Å²) in [5, 5.41) is 2.81. The number of hydrogen-bond acceptors (Lipinski definition) is 4. The van der Waals surface area contributed by atoms with E-state index in [1.165, 1.54) is 29.1 Å². The van der Waals surface area contributed by atoms with Crippen LogP contribution in [0.3, 0.4) is 0 Å². The predicted molar refractivity (Wildman–Crippen MR) is 125 cm³/mol. The number of amides is 1. The number of benzene rings is 2. The highest BCUT2D eigenvalue weighted by atomic mass is 32.2. The largest absolute Gasteiger partial charge is 0.495 e. The van der Waals surface area contributed by atoms with E-state index in [9.17, 15) is 13.2 Å². The summed E-state index contributed by atoms with van der Waals surface area (Å²) >= 11 is 0. The van der Waals surface area contributed by atoms with Crippen molar-refractivity contribution in [2.24, 2.45) is 0 Å². The van der Waals surface area contributed by atoms with Crippen molar-refractivity contribution < 1.29 is 17.9 Å². The zero-order valence-electron chi connectivity index (χ0n) is 19.4. The standard InChI is InChI=1S/C24H34N2O4S/c1-7-26(8-2)31(28,29)20-14-15-22(30-6)21(17-20)25-23(27)16-11-18-9-12-19(13-10-18)24(3,4)5/h9-10,12-15,17H,7-8,11,16H2,1-6H3,(H,25,27). The number of methoxy groups -OCH3 is 1. The average molecular weight is 447 g/mol. The van der Waals surface area contributed by atoms with Gasteiger partial charge in [0.1, 0.15) is 5.75 Å². The summed E-state index contributed by atoms with van der Waals surface area (Å²) in [5.41, 5.74) is 2.76. The molecule has 7 heteroatoms. The third-order valence-electron chi connectivity index (χ3n) is 5.25. The highest BCUT2D eigenvalue weighted by molar-refractivity contribution is 7.89. The molecule has 2 aromatic rings. The minimum Gasteiger partial charge on any atom is -0.495 e. The molecular formula is C24H34N2O4S. The fraction of sp³-hybridized carbons (Fsp3) is 0.458. The van der Waals surface area contributed by atoms with E-state index in [1.807, 2.05) is 12.1 Å². The van der Waals surface area contributed by atoms with E-state index in [1.54, 1.807) is 19.9 Å². The molecule has 2 rings (SSSR count). The van der Waals surface area contributed by atoms with Crippen LogP contribution in [0.1, 0.15) is 52.2 Å². The highest BCUT2D eigenvalue weighted by Gasteiger charge is 2.23. The van der Waals surface area contributed by atoms with E-state index in [0.29, 0.717) is 30.9 Å². The summed E-state index contributed by atoms with van der Waals surface area (Å²) in [6, 6.07) is 12.8. The number of aryl methyl sites for hydroxylation is 1. The molecule has 1 amide bonds. The van der Waals surface area contributed by atoms with Crippen molar-refractivity contribution >= 4 is 21.6 Å². The minimum absolute atomic E-state index is 0.0863. The smallest absolute Gasteiger partial charge is 0.243 e. The Labute approximate surface area is 186 Å². The average Bonchev–Trinajstić information content (AvgIpc) is 2.72. The first-order valence-electron chi connectivity index (χ1n) is 10.6. The number of sulfonamides is 1. The van der Waals surface area contributed by atoms with Gasteiger partial charge in [-0.3, -0.25) is 4.79 Å². The van der Waals surface area contributed by atoms with Crippen LogP contribution in [0.4, 0.5) is 5.69 Å². The van der Waals surface area contributed by atoms with Crippen molar-refractivity contribution in [3.63, 3.8) is 0 Å². The number of anilines is 1. The fourth-order valence-electron chi connectivity index (χ4n) is 3.30. The van der Waals surface area contributed by atoms with Crippen molar-refractivity contribution in [1.29, 1.82) is 0 Å². The van der Waals surface area contributed by atoms with E-state index in [4.69, 9.17) is 4.74 Å². The van der Waals surface area contributed by atoms with Crippen LogP contribution in [-0.2, 0) is 26.7 Å². The molecule has 0 atom stereocenters. The van der Waals surface area contributed by atoms with Gasteiger partial charge in [0.25, 0.3) is 0 Å². The maximum absolute atomic E-state index is 12.8. The third-order valence-corrected chi connectivity index (χ3v) is 7.29. The van der Waals surface area contributed by atoms with Crippen LogP contribution in [0.5, 0.6) is 5.75 Å². The number of rotatable bonds is 9. The van der Waals surface area contributed by atoms with E-state index < -0.39 is 10.0 Å². The van der Waals surface area contributed by atoms with Gasteiger partial charge in [0.15, 0.2) is 0 Å². The van der Waals surface area contributed by atoms with Gasteiger partial charge in [0.05, 0.1) is 17.7 Å². The first-order valence-corrected chi connectivity index (χ1v) is 12.0. The molecule has 0 aliphatic carbocycles. The number of nitrogens with zero attached hydrogens (tertiary/aromatic N) is 1. The van der Waals surface area contributed by atoms with Gasteiger partial charge in [-0.1, -0.05) is 58.9 Å². The molecule has 0 heterocycles. The molecule has 6 nitrogen and oxygen atoms in total. The van der Waals surface area contributed by atoms with Crippen molar-refractivity contribution in [2.75, 3.05) is 25.5 Å². The zero-order chi connectivity index (χ0) is 23.2. The Morgan fingerprint density at radius 2 is 1.65 bits per heavy atom. The molecule has 0 bridgehead atoms. The second-order valence-electron chi connectivity index (χ2n) is 8.45. The van der Waals surface area contributed by atoms with Crippen LogP contribution in [0, 0.1) is 0 Å². The number of carbonyl (C=O) groups excluding carboxylic acids is 1. The van der Waals surface area contributed by atoms with E-state index in [2.05, 4.69) is 38.2 Å². The van der Waals surface area contributed by atoms with Gasteiger partial charge in [0.2, 0.25) is 15.9 Å². The number of carbonyl (C=O) groups is 1. The molecule has 31 heavy (non-hydrogen) atoms. The second kappa shape index (κ2) is 10.3. The number of nitrogens with one attached hydrogen (secondary N) is 1. The Morgan fingerprint density at radius 1 is 1.03 bits per heavy atom. The van der Waals surface area contributed by atoms with Crippen LogP contribution < -0.4 is 10.1 Å². The summed E-state index contributed by atoms with van der Waals surface area (Å²) in [4.78, 5) is 12.7. The van der Waals surface area contributed by atoms with Crippen molar-refractivity contribution in [3.8, 4) is 5.75 Å². The van der Waals surface area contributed by atoms with Crippen LogP contribution in [0.2, 0.25) is 0 Å². The molecule has 0 fully saturated rings. The van der Waals surface area contributed by atoms with Crippen LogP contribution in [0.25, 0.3) is 0 Å². The lowest BCUT2D eigenvalue weighted by Crippen LogP contribution is -2.30. The first kappa shape index (κ1) is 24.9. The second-order valence-corrected chi connectivity index (χ2v) is 10.4. The summed E-state index contributed by atoms with van der Waals surface area (Å²) in [7, 11) is -2.14. The minimum atomic E-state index is -3.63. The van der Waals surface area contributed by atoms with Gasteiger partial charge in [-0.25, -0.2) is 8.42 Å². The molecule has 0 unspecified atom stereocenters. The quantitative estimate of drug-likeness (QED) is 0.611. The normalized spacial score (nSPS) is 12.1. The highest BCUT2D eigenvalue weighted by Crippen LogP contribution is 2.29. The van der Waals surface area contributed by atoms with Crippen LogP contribution >= 0.6 is 0 Å². The topological polar surface area (TPSA) is 75.7 Å². The lowest BCUT2D eigenvalue weighted by Gasteiger charge is -2.20. The lowest BCUT2D eigenvalue weighted by atomic mass is 9.86. The fourth-order valence-corrected chi connectivity index (χ4v) is 4.78. The van der Waals surface area contributed by atoms with Crippen LogP contribution in [-0.4, -0.2) is 38.8 Å². The number of ether oxygens (including phenoxy) is 1. The van der Waals surface area contributed by atoms with Crippen molar-refractivity contribution in [3.05, 3.63) is 53.6 Å². The monoisotopic (exact) mass is 446 g/mol. The van der Waals surface area contributed by atoms with Gasteiger partial charge < -0.3 is 10.1 Å². The lowest BCUT2D eigenvalue weighted by molar-refractivity contribution is -0.116. The van der Waals surface area contributed by atoms with Gasteiger partial charge in [-0.2, -0.15) is 4.31 Å². The maximum atomic E-state index is 12.8. The maximum Gasteiger partial charge on any atom is 0.243 e. The Balaban J connectivity index is 2.13. The summed E-state index contributed by atoms with van der Waals surface area (Å²) in [5.74, 6) is 0.219. The summed E-state index contributed by atoms with van der Waals surface area (Å²) in [6.45, 7) is 10.8. The molecule has 0 aromatic heterocycles. The van der Waals surface area contributed by atoms with Gasteiger partial charge in [-0.05, 0) is 41.2 Å².